The summed E-state index contributed by atoms with van der Waals surface area (Å²) in [7, 11) is 1.61. The molecule has 114 valence electrons. The summed E-state index contributed by atoms with van der Waals surface area (Å²) in [6.07, 6.45) is 0. The van der Waals surface area contributed by atoms with Crippen LogP contribution in [0.5, 0.6) is 5.75 Å². The summed E-state index contributed by atoms with van der Waals surface area (Å²) in [5, 5.41) is 8.77. The first-order valence-corrected chi connectivity index (χ1v) is 8.48. The van der Waals surface area contributed by atoms with E-state index in [4.69, 9.17) is 9.15 Å². The summed E-state index contributed by atoms with van der Waals surface area (Å²) in [6, 6.07) is 15.1. The Morgan fingerprint density at radius 2 is 1.87 bits per heavy atom. The van der Waals surface area contributed by atoms with Gasteiger partial charge < -0.3 is 0 Å². The van der Waals surface area contributed by atoms with Crippen LogP contribution in [-0.4, -0.2) is 35.6 Å². The van der Waals surface area contributed by atoms with Gasteiger partial charge in [0.1, 0.15) is 0 Å². The van der Waals surface area contributed by atoms with Crippen LogP contribution in [0.2, 0.25) is 0 Å². The molecule has 2 aromatic heterocycles. The molecule has 23 heavy (non-hydrogen) atoms. The van der Waals surface area contributed by atoms with E-state index in [-0.39, 0.29) is 26.3 Å². The van der Waals surface area contributed by atoms with E-state index in [2.05, 4.69) is 10.2 Å². The van der Waals surface area contributed by atoms with Gasteiger partial charge in [-0.15, -0.1) is 0 Å². The third-order valence-corrected chi connectivity index (χ3v) is 5.63. The van der Waals surface area contributed by atoms with Crippen LogP contribution in [0.4, 0.5) is 0 Å². The van der Waals surface area contributed by atoms with Crippen molar-refractivity contribution in [1.82, 2.24) is 13.8 Å². The van der Waals surface area contributed by atoms with E-state index in [1.807, 2.05) is 48.5 Å². The molecule has 0 aliphatic carbocycles. The number of aromatic nitrogens is 3. The number of benzene rings is 2. The minimum absolute atomic E-state index is 0.0921. The molecule has 0 fully saturated rings. The zero-order chi connectivity index (χ0) is 15.8. The number of methoxy groups -OCH3 is 1. The van der Waals surface area contributed by atoms with Gasteiger partial charge in [0.25, 0.3) is 0 Å². The minimum atomic E-state index is -0.183. The standard InChI is InChI=1S/C16H11N3O3Se/c1-21-11-8-6-10(7-9-11)14-17-18-16(22-14)19-15(20)12-4-2-3-5-13(12)23-19/h2-9H,1H3. The van der Waals surface area contributed by atoms with Crippen molar-refractivity contribution in [2.24, 2.45) is 0 Å². The monoisotopic (exact) mass is 373 g/mol. The van der Waals surface area contributed by atoms with Crippen molar-refractivity contribution in [1.29, 1.82) is 0 Å². The van der Waals surface area contributed by atoms with Gasteiger partial charge in [-0.2, -0.15) is 0 Å². The summed E-state index contributed by atoms with van der Waals surface area (Å²) in [5.41, 5.74) is 0.687. The summed E-state index contributed by atoms with van der Waals surface area (Å²) < 4.78 is 13.4. The fourth-order valence-corrected chi connectivity index (χ4v) is 4.18. The molecule has 0 spiro atoms. The Morgan fingerprint density at radius 1 is 1.09 bits per heavy atom. The molecule has 4 rings (SSSR count). The molecule has 0 N–H and O–H groups in total. The average Bonchev–Trinajstić information content (AvgIpc) is 3.20. The first kappa shape index (κ1) is 14.0. The second kappa shape index (κ2) is 5.53. The molecule has 4 aromatic rings. The van der Waals surface area contributed by atoms with Gasteiger partial charge in [0.15, 0.2) is 0 Å². The molecule has 2 aromatic carbocycles. The number of fused-ring (bicyclic) bond motifs is 1. The summed E-state index contributed by atoms with van der Waals surface area (Å²) >= 11 is -0.183. The van der Waals surface area contributed by atoms with Gasteiger partial charge in [0, 0.05) is 0 Å². The number of hydrogen-bond donors (Lipinski definition) is 0. The molecule has 0 amide bonds. The van der Waals surface area contributed by atoms with Crippen LogP contribution in [0.3, 0.4) is 0 Å². The van der Waals surface area contributed by atoms with E-state index in [1.54, 1.807) is 10.7 Å². The molecule has 7 heteroatoms. The molecule has 0 bridgehead atoms. The fraction of sp³-hybridized carbons (Fsp3) is 0.0625. The van der Waals surface area contributed by atoms with E-state index in [9.17, 15) is 4.79 Å². The third-order valence-electron chi connectivity index (χ3n) is 3.42. The number of hydrogen-bond acceptors (Lipinski definition) is 5. The van der Waals surface area contributed by atoms with E-state index >= 15 is 0 Å². The first-order valence-electron chi connectivity index (χ1n) is 6.85. The van der Waals surface area contributed by atoms with Gasteiger partial charge in [-0.25, -0.2) is 0 Å². The van der Waals surface area contributed by atoms with Gasteiger partial charge >= 0.3 is 137 Å². The van der Waals surface area contributed by atoms with Crippen molar-refractivity contribution in [3.8, 4) is 23.2 Å². The van der Waals surface area contributed by atoms with Crippen molar-refractivity contribution in [2.45, 2.75) is 0 Å². The molecular formula is C16H11N3O3Se. The van der Waals surface area contributed by atoms with Gasteiger partial charge in [0.05, 0.1) is 0 Å². The number of nitrogens with zero attached hydrogens (tertiary/aromatic N) is 3. The molecular weight excluding hydrogens is 361 g/mol. The summed E-state index contributed by atoms with van der Waals surface area (Å²) in [6.45, 7) is 0. The molecule has 0 aliphatic heterocycles. The molecule has 0 saturated heterocycles. The van der Waals surface area contributed by atoms with Crippen molar-refractivity contribution in [3.05, 3.63) is 58.9 Å². The van der Waals surface area contributed by atoms with Gasteiger partial charge in [-0.3, -0.25) is 0 Å². The van der Waals surface area contributed by atoms with E-state index in [0.29, 0.717) is 11.3 Å². The summed E-state index contributed by atoms with van der Waals surface area (Å²) in [4.78, 5) is 12.4. The van der Waals surface area contributed by atoms with Crippen LogP contribution in [0.1, 0.15) is 0 Å². The Bertz CT molecular complexity index is 1030. The van der Waals surface area contributed by atoms with E-state index < -0.39 is 0 Å². The van der Waals surface area contributed by atoms with Gasteiger partial charge in [0.2, 0.25) is 0 Å². The van der Waals surface area contributed by atoms with Crippen molar-refractivity contribution in [2.75, 3.05) is 7.11 Å². The summed E-state index contributed by atoms with van der Waals surface area (Å²) in [5.74, 6) is 1.13. The Balaban J connectivity index is 1.77. The Labute approximate surface area is 136 Å². The molecule has 6 nitrogen and oxygen atoms in total. The molecule has 0 saturated carbocycles. The van der Waals surface area contributed by atoms with Crippen LogP contribution in [0.15, 0.2) is 57.7 Å². The van der Waals surface area contributed by atoms with Gasteiger partial charge in [-0.1, -0.05) is 0 Å². The topological polar surface area (TPSA) is 70.2 Å². The van der Waals surface area contributed by atoms with E-state index in [0.717, 1.165) is 15.6 Å². The molecule has 0 atom stereocenters. The predicted molar refractivity (Wildman–Crippen MR) is 86.3 cm³/mol. The maximum absolute atomic E-state index is 12.4. The van der Waals surface area contributed by atoms with Crippen molar-refractivity contribution >= 4 is 24.4 Å². The number of ether oxygens (including phenoxy) is 1. The molecule has 0 radical (unpaired) electrons. The zero-order valence-corrected chi connectivity index (χ0v) is 13.8. The third kappa shape index (κ3) is 2.40. The molecule has 2 heterocycles. The Hall–Kier alpha value is -2.63. The van der Waals surface area contributed by atoms with Crippen LogP contribution in [0, 0.1) is 0 Å². The second-order valence-electron chi connectivity index (χ2n) is 4.81. The van der Waals surface area contributed by atoms with Crippen LogP contribution < -0.4 is 10.3 Å². The first-order chi connectivity index (χ1) is 11.3. The van der Waals surface area contributed by atoms with Crippen molar-refractivity contribution < 1.29 is 9.15 Å². The molecule has 0 unspecified atom stereocenters. The fourth-order valence-electron chi connectivity index (χ4n) is 2.25. The zero-order valence-electron chi connectivity index (χ0n) is 12.1. The quantitative estimate of drug-likeness (QED) is 0.515. The van der Waals surface area contributed by atoms with Crippen molar-refractivity contribution in [3.63, 3.8) is 0 Å². The van der Waals surface area contributed by atoms with Gasteiger partial charge in [-0.05, 0) is 0 Å². The Morgan fingerprint density at radius 3 is 2.61 bits per heavy atom. The second-order valence-corrected chi connectivity index (χ2v) is 6.88. The number of rotatable bonds is 3. The predicted octanol–water partition coefficient (Wildman–Crippen LogP) is 2.11. The maximum atomic E-state index is 12.4. The van der Waals surface area contributed by atoms with Crippen LogP contribution in [0.25, 0.3) is 27.1 Å². The Kier molecular flexibility index (Phi) is 3.37. The van der Waals surface area contributed by atoms with Crippen LogP contribution in [-0.2, 0) is 0 Å². The van der Waals surface area contributed by atoms with Crippen LogP contribution >= 0.6 is 0 Å². The molecule has 0 aliphatic rings. The SMILES string of the molecule is COc1ccc(-c2nnc(-n3[se]c4ccccc4c3=O)o2)cc1. The van der Waals surface area contributed by atoms with E-state index in [1.165, 1.54) is 0 Å². The normalized spacial score (nSPS) is 11.0. The average molecular weight is 372 g/mol.